The Kier molecular flexibility index (Phi) is 4.61. The van der Waals surface area contributed by atoms with Crippen molar-refractivity contribution in [2.45, 2.75) is 18.7 Å². The Hall–Kier alpha value is -2.87. The number of carbonyl (C=O) groups excluding carboxylic acids is 1. The van der Waals surface area contributed by atoms with Crippen LogP contribution in [0.4, 0.5) is 10.1 Å². The highest BCUT2D eigenvalue weighted by molar-refractivity contribution is 7.80. The largest absolute Gasteiger partial charge is 0.497 e. The minimum atomic E-state index is -1.10. The van der Waals surface area contributed by atoms with E-state index < -0.39 is 17.7 Å². The second kappa shape index (κ2) is 6.88. The Balaban J connectivity index is 1.90. The van der Waals surface area contributed by atoms with Crippen LogP contribution in [0.5, 0.6) is 11.5 Å². The SMILES string of the molecule is COc1ccc2c(c1)[C@H]1NC(=S)N(c3ccc(F)cc3)[C@@](C)(O2)[C@H]1C(=O)N(C)C. The molecule has 29 heavy (non-hydrogen) atoms. The lowest BCUT2D eigenvalue weighted by Gasteiger charge is -2.56. The number of carbonyl (C=O) groups is 1. The van der Waals surface area contributed by atoms with Gasteiger partial charge in [-0.05, 0) is 61.6 Å². The second-order valence-corrected chi connectivity index (χ2v) is 7.90. The Bertz CT molecular complexity index is 982. The van der Waals surface area contributed by atoms with Crippen LogP contribution < -0.4 is 19.7 Å². The van der Waals surface area contributed by atoms with E-state index in [0.29, 0.717) is 22.3 Å². The fraction of sp³-hybridized carbons (Fsp3) is 0.333. The number of nitrogens with zero attached hydrogens (tertiary/aromatic N) is 2. The molecule has 0 aliphatic carbocycles. The first-order valence-corrected chi connectivity index (χ1v) is 9.61. The highest BCUT2D eigenvalue weighted by Gasteiger charge is 2.59. The highest BCUT2D eigenvalue weighted by atomic mass is 32.1. The zero-order valence-corrected chi connectivity index (χ0v) is 17.4. The predicted molar refractivity (Wildman–Crippen MR) is 112 cm³/mol. The quantitative estimate of drug-likeness (QED) is 0.778. The van der Waals surface area contributed by atoms with Gasteiger partial charge in [0.2, 0.25) is 5.91 Å². The van der Waals surface area contributed by atoms with Crippen molar-refractivity contribution in [2.24, 2.45) is 5.92 Å². The molecule has 6 nitrogen and oxygen atoms in total. The highest BCUT2D eigenvalue weighted by Crippen LogP contribution is 2.50. The monoisotopic (exact) mass is 415 g/mol. The fourth-order valence-corrected chi connectivity index (χ4v) is 4.54. The third kappa shape index (κ3) is 2.98. The molecule has 1 amide bonds. The van der Waals surface area contributed by atoms with Gasteiger partial charge in [0.05, 0.1) is 13.2 Å². The molecule has 0 spiro atoms. The smallest absolute Gasteiger partial charge is 0.233 e. The van der Waals surface area contributed by atoms with Gasteiger partial charge in [-0.3, -0.25) is 9.69 Å². The van der Waals surface area contributed by atoms with Crippen LogP contribution in [0.25, 0.3) is 0 Å². The maximum Gasteiger partial charge on any atom is 0.233 e. The fourth-order valence-electron chi connectivity index (χ4n) is 4.12. The van der Waals surface area contributed by atoms with E-state index in [1.807, 2.05) is 25.1 Å². The average Bonchev–Trinajstić information content (AvgIpc) is 2.68. The van der Waals surface area contributed by atoms with Gasteiger partial charge in [0.15, 0.2) is 10.8 Å². The molecule has 2 aromatic rings. The first-order valence-electron chi connectivity index (χ1n) is 9.20. The molecule has 2 bridgehead atoms. The number of amides is 1. The van der Waals surface area contributed by atoms with E-state index >= 15 is 0 Å². The van der Waals surface area contributed by atoms with E-state index in [1.54, 1.807) is 43.1 Å². The van der Waals surface area contributed by atoms with Crippen LogP contribution in [-0.4, -0.2) is 42.8 Å². The molecule has 2 aliphatic heterocycles. The van der Waals surface area contributed by atoms with Crippen molar-refractivity contribution in [3.8, 4) is 11.5 Å². The van der Waals surface area contributed by atoms with Crippen LogP contribution in [0.2, 0.25) is 0 Å². The topological polar surface area (TPSA) is 54.0 Å². The standard InChI is InChI=1S/C21H22FN3O3S/c1-21-17(19(26)24(2)3)18(15-11-14(27-4)9-10-16(15)28-21)23-20(29)25(21)13-7-5-12(22)6-8-13/h5-11,17-18H,1-4H3,(H,23,29)/t17-,18-,21+/m1/s1. The van der Waals surface area contributed by atoms with Gasteiger partial charge in [0.1, 0.15) is 23.2 Å². The Morgan fingerprint density at radius 1 is 1.28 bits per heavy atom. The lowest BCUT2D eigenvalue weighted by Crippen LogP contribution is -2.72. The minimum absolute atomic E-state index is 0.104. The van der Waals surface area contributed by atoms with Crippen LogP contribution in [-0.2, 0) is 4.79 Å². The number of halogens is 1. The zero-order valence-electron chi connectivity index (χ0n) is 16.6. The van der Waals surface area contributed by atoms with E-state index in [0.717, 1.165) is 5.56 Å². The maximum atomic E-state index is 13.5. The molecule has 2 heterocycles. The predicted octanol–water partition coefficient (Wildman–Crippen LogP) is 3.08. The molecular weight excluding hydrogens is 393 g/mol. The number of anilines is 1. The van der Waals surface area contributed by atoms with Crippen LogP contribution in [0.3, 0.4) is 0 Å². The third-order valence-corrected chi connectivity index (χ3v) is 5.80. The van der Waals surface area contributed by atoms with Gasteiger partial charge < -0.3 is 19.7 Å². The third-order valence-electron chi connectivity index (χ3n) is 5.50. The van der Waals surface area contributed by atoms with Gasteiger partial charge in [-0.2, -0.15) is 0 Å². The molecule has 2 aliphatic rings. The summed E-state index contributed by atoms with van der Waals surface area (Å²) in [6.45, 7) is 1.84. The van der Waals surface area contributed by atoms with Crippen molar-refractivity contribution in [1.82, 2.24) is 10.2 Å². The second-order valence-electron chi connectivity index (χ2n) is 7.51. The van der Waals surface area contributed by atoms with Crippen molar-refractivity contribution in [2.75, 3.05) is 26.1 Å². The summed E-state index contributed by atoms with van der Waals surface area (Å²) < 4.78 is 25.3. The van der Waals surface area contributed by atoms with Gasteiger partial charge in [0, 0.05) is 25.3 Å². The molecule has 8 heteroatoms. The molecule has 0 radical (unpaired) electrons. The molecule has 2 aromatic carbocycles. The summed E-state index contributed by atoms with van der Waals surface area (Å²) in [6, 6.07) is 11.1. The van der Waals surface area contributed by atoms with E-state index in [-0.39, 0.29) is 11.7 Å². The van der Waals surface area contributed by atoms with Crippen LogP contribution >= 0.6 is 12.2 Å². The number of fused-ring (bicyclic) bond motifs is 4. The Morgan fingerprint density at radius 2 is 1.97 bits per heavy atom. The van der Waals surface area contributed by atoms with Gasteiger partial charge in [-0.25, -0.2) is 4.39 Å². The number of nitrogens with one attached hydrogen (secondary N) is 1. The molecule has 0 saturated carbocycles. The maximum absolute atomic E-state index is 13.5. The molecule has 0 aromatic heterocycles. The summed E-state index contributed by atoms with van der Waals surface area (Å²) in [5, 5.41) is 3.71. The van der Waals surface area contributed by atoms with Crippen molar-refractivity contribution >= 4 is 28.9 Å². The van der Waals surface area contributed by atoms with Crippen molar-refractivity contribution in [3.05, 3.63) is 53.8 Å². The number of benzene rings is 2. The van der Waals surface area contributed by atoms with Crippen molar-refractivity contribution < 1.29 is 18.7 Å². The number of hydrogen-bond donors (Lipinski definition) is 1. The molecule has 1 N–H and O–H groups in total. The van der Waals surface area contributed by atoms with E-state index in [2.05, 4.69) is 5.32 Å². The number of methoxy groups -OCH3 is 1. The summed E-state index contributed by atoms with van der Waals surface area (Å²) in [5.41, 5.74) is 0.342. The molecule has 4 rings (SSSR count). The van der Waals surface area contributed by atoms with E-state index in [4.69, 9.17) is 21.7 Å². The van der Waals surface area contributed by atoms with Gasteiger partial charge in [-0.15, -0.1) is 0 Å². The summed E-state index contributed by atoms with van der Waals surface area (Å²) in [5.74, 6) is 0.251. The molecule has 0 unspecified atom stereocenters. The first kappa shape index (κ1) is 19.4. The Labute approximate surface area is 174 Å². The molecular formula is C21H22FN3O3S. The average molecular weight is 415 g/mol. The van der Waals surface area contributed by atoms with E-state index in [1.165, 1.54) is 12.1 Å². The zero-order chi connectivity index (χ0) is 20.9. The van der Waals surface area contributed by atoms with E-state index in [9.17, 15) is 9.18 Å². The van der Waals surface area contributed by atoms with Crippen LogP contribution in [0.15, 0.2) is 42.5 Å². The number of hydrogen-bond acceptors (Lipinski definition) is 4. The van der Waals surface area contributed by atoms with Gasteiger partial charge >= 0.3 is 0 Å². The summed E-state index contributed by atoms with van der Waals surface area (Å²) in [7, 11) is 5.01. The molecule has 152 valence electrons. The van der Waals surface area contributed by atoms with Gasteiger partial charge in [0.25, 0.3) is 0 Å². The first-order chi connectivity index (χ1) is 13.8. The minimum Gasteiger partial charge on any atom is -0.497 e. The number of thiocarbonyl (C=S) groups is 1. The molecule has 1 saturated heterocycles. The number of ether oxygens (including phenoxy) is 2. The molecule has 1 fully saturated rings. The van der Waals surface area contributed by atoms with Crippen LogP contribution in [0.1, 0.15) is 18.5 Å². The number of rotatable bonds is 3. The summed E-state index contributed by atoms with van der Waals surface area (Å²) in [6.07, 6.45) is 0. The summed E-state index contributed by atoms with van der Waals surface area (Å²) in [4.78, 5) is 16.6. The molecule has 3 atom stereocenters. The normalized spacial score (nSPS) is 24.9. The van der Waals surface area contributed by atoms with Crippen molar-refractivity contribution in [1.29, 1.82) is 0 Å². The summed E-state index contributed by atoms with van der Waals surface area (Å²) >= 11 is 5.65. The van der Waals surface area contributed by atoms with Crippen molar-refractivity contribution in [3.63, 3.8) is 0 Å². The Morgan fingerprint density at radius 3 is 2.59 bits per heavy atom. The van der Waals surface area contributed by atoms with Gasteiger partial charge in [-0.1, -0.05) is 0 Å². The van der Waals surface area contributed by atoms with Crippen LogP contribution in [0, 0.1) is 11.7 Å². The lowest BCUT2D eigenvalue weighted by atomic mass is 9.78. The lowest BCUT2D eigenvalue weighted by molar-refractivity contribution is -0.144.